The summed E-state index contributed by atoms with van der Waals surface area (Å²) in [5, 5.41) is 2.97. The van der Waals surface area contributed by atoms with Crippen LogP contribution in [-0.4, -0.2) is 35.4 Å². The molecule has 1 aliphatic heterocycles. The molecule has 0 spiro atoms. The number of rotatable bonds is 6. The highest BCUT2D eigenvalue weighted by atomic mass is 16.5. The molecule has 1 saturated heterocycles. The largest absolute Gasteiger partial charge is 0.461 e. The number of hydrogen-bond acceptors (Lipinski definition) is 4. The topological polar surface area (TPSA) is 58.6 Å². The number of carbonyl (C=O) groups is 2. The highest BCUT2D eigenvalue weighted by molar-refractivity contribution is 5.93. The van der Waals surface area contributed by atoms with Crippen molar-refractivity contribution in [1.29, 1.82) is 0 Å². The van der Waals surface area contributed by atoms with Gasteiger partial charge in [-0.3, -0.25) is 14.5 Å². The van der Waals surface area contributed by atoms with Crippen LogP contribution in [0, 0.1) is 0 Å². The van der Waals surface area contributed by atoms with Gasteiger partial charge in [-0.25, -0.2) is 0 Å². The lowest BCUT2D eigenvalue weighted by atomic mass is 9.97. The molecule has 1 aliphatic rings. The summed E-state index contributed by atoms with van der Waals surface area (Å²) in [4.78, 5) is 26.1. The summed E-state index contributed by atoms with van der Waals surface area (Å²) in [7, 11) is 0. The lowest BCUT2D eigenvalue weighted by Crippen LogP contribution is -2.47. The molecule has 1 amide bonds. The van der Waals surface area contributed by atoms with Crippen LogP contribution >= 0.6 is 0 Å². The fourth-order valence-corrected chi connectivity index (χ4v) is 3.17. The van der Waals surface area contributed by atoms with Gasteiger partial charge in [-0.15, -0.1) is 0 Å². The maximum atomic E-state index is 12.5. The van der Waals surface area contributed by atoms with E-state index in [1.807, 2.05) is 24.3 Å². The van der Waals surface area contributed by atoms with Gasteiger partial charge in [0.05, 0.1) is 6.54 Å². The van der Waals surface area contributed by atoms with Crippen LogP contribution in [0.15, 0.2) is 24.3 Å². The van der Waals surface area contributed by atoms with Gasteiger partial charge in [-0.1, -0.05) is 31.5 Å². The van der Waals surface area contributed by atoms with Crippen molar-refractivity contribution < 1.29 is 14.3 Å². The minimum atomic E-state index is -0.243. The van der Waals surface area contributed by atoms with Gasteiger partial charge in [0.2, 0.25) is 5.91 Å². The van der Waals surface area contributed by atoms with Crippen LogP contribution in [0.1, 0.15) is 52.0 Å². The number of benzene rings is 1. The minimum absolute atomic E-state index is 0.0233. The van der Waals surface area contributed by atoms with E-state index in [0.29, 0.717) is 30.7 Å². The summed E-state index contributed by atoms with van der Waals surface area (Å²) in [5.41, 5.74) is 1.52. The Morgan fingerprint density at radius 1 is 1.21 bits per heavy atom. The highest BCUT2D eigenvalue weighted by Crippen LogP contribution is 2.22. The summed E-state index contributed by atoms with van der Waals surface area (Å²) < 4.78 is 5.18. The summed E-state index contributed by atoms with van der Waals surface area (Å²) in [6.07, 6.45) is 3.85. The molecular formula is C19H28N2O3. The van der Waals surface area contributed by atoms with Crippen LogP contribution < -0.4 is 5.32 Å². The van der Waals surface area contributed by atoms with E-state index >= 15 is 0 Å². The minimum Gasteiger partial charge on any atom is -0.461 e. The Kier molecular flexibility index (Phi) is 6.79. The Labute approximate surface area is 144 Å². The number of carbonyl (C=O) groups excluding carboxylic acids is 2. The van der Waals surface area contributed by atoms with Crippen molar-refractivity contribution in [2.75, 3.05) is 11.9 Å². The number of likely N-dealkylation sites (tertiary alicyclic amines) is 1. The second kappa shape index (κ2) is 8.83. The van der Waals surface area contributed by atoms with Crippen molar-refractivity contribution in [1.82, 2.24) is 4.90 Å². The number of nitrogens with one attached hydrogen (secondary N) is 1. The first-order valence-electron chi connectivity index (χ1n) is 8.80. The average molecular weight is 332 g/mol. The van der Waals surface area contributed by atoms with E-state index in [1.54, 1.807) is 6.92 Å². The van der Waals surface area contributed by atoms with Gasteiger partial charge in [0.15, 0.2) is 0 Å². The van der Waals surface area contributed by atoms with E-state index in [1.165, 1.54) is 6.42 Å². The van der Waals surface area contributed by atoms with Gasteiger partial charge in [0.25, 0.3) is 0 Å². The monoisotopic (exact) mass is 332 g/mol. The van der Waals surface area contributed by atoms with E-state index in [0.717, 1.165) is 18.4 Å². The number of ether oxygens (including phenoxy) is 1. The van der Waals surface area contributed by atoms with Gasteiger partial charge in [-0.2, -0.15) is 0 Å². The zero-order valence-corrected chi connectivity index (χ0v) is 14.9. The Morgan fingerprint density at radius 2 is 1.88 bits per heavy atom. The van der Waals surface area contributed by atoms with Crippen LogP contribution in [0.2, 0.25) is 0 Å². The molecule has 0 radical (unpaired) electrons. The first-order valence-corrected chi connectivity index (χ1v) is 8.80. The fraction of sp³-hybridized carbons (Fsp3) is 0.579. The maximum absolute atomic E-state index is 12.5. The molecule has 24 heavy (non-hydrogen) atoms. The number of esters is 1. The normalized spacial score (nSPS) is 21.3. The molecule has 132 valence electrons. The smallest absolute Gasteiger partial charge is 0.305 e. The molecule has 1 N–H and O–H groups in total. The van der Waals surface area contributed by atoms with Gasteiger partial charge in [-0.05, 0) is 32.8 Å². The third-order valence-electron chi connectivity index (χ3n) is 4.67. The van der Waals surface area contributed by atoms with Gasteiger partial charge in [0.1, 0.15) is 6.61 Å². The number of para-hydroxylation sites is 1. The summed E-state index contributed by atoms with van der Waals surface area (Å²) in [6, 6.07) is 8.31. The Bertz CT molecular complexity index is 563. The molecule has 2 rings (SSSR count). The second-order valence-electron chi connectivity index (χ2n) is 6.52. The zero-order valence-electron chi connectivity index (χ0n) is 14.9. The number of hydrogen-bond donors (Lipinski definition) is 1. The number of amides is 1. The van der Waals surface area contributed by atoms with E-state index in [2.05, 4.69) is 24.1 Å². The molecule has 2 atom stereocenters. The van der Waals surface area contributed by atoms with Crippen LogP contribution in [0.5, 0.6) is 0 Å². The van der Waals surface area contributed by atoms with E-state index in [4.69, 9.17) is 4.74 Å². The SMILES string of the molecule is CCC(=O)OCc1ccccc1NC(=O)CN1C(C)CCCC1C. The van der Waals surface area contributed by atoms with Crippen molar-refractivity contribution >= 4 is 17.6 Å². The molecule has 1 fully saturated rings. The molecule has 5 heteroatoms. The van der Waals surface area contributed by atoms with Gasteiger partial charge in [0, 0.05) is 29.8 Å². The van der Waals surface area contributed by atoms with Crippen molar-refractivity contribution in [2.45, 2.75) is 65.1 Å². The molecule has 5 nitrogen and oxygen atoms in total. The lowest BCUT2D eigenvalue weighted by Gasteiger charge is -2.38. The van der Waals surface area contributed by atoms with Crippen LogP contribution in [0.4, 0.5) is 5.69 Å². The number of piperidine rings is 1. The Morgan fingerprint density at radius 3 is 2.54 bits per heavy atom. The molecule has 0 aromatic heterocycles. The predicted molar refractivity (Wildman–Crippen MR) is 94.6 cm³/mol. The third kappa shape index (κ3) is 5.06. The predicted octanol–water partition coefficient (Wildman–Crippen LogP) is 3.34. The first-order chi connectivity index (χ1) is 11.5. The maximum Gasteiger partial charge on any atom is 0.305 e. The summed E-state index contributed by atoms with van der Waals surface area (Å²) in [5.74, 6) is -0.267. The molecule has 2 unspecified atom stereocenters. The highest BCUT2D eigenvalue weighted by Gasteiger charge is 2.26. The molecular weight excluding hydrogens is 304 g/mol. The van der Waals surface area contributed by atoms with Crippen LogP contribution in [0.3, 0.4) is 0 Å². The van der Waals surface area contributed by atoms with Crippen LogP contribution in [0.25, 0.3) is 0 Å². The first kappa shape index (κ1) is 18.5. The number of anilines is 1. The van der Waals surface area contributed by atoms with Crippen molar-refractivity contribution in [3.63, 3.8) is 0 Å². The molecule has 1 aromatic rings. The molecule has 0 bridgehead atoms. The quantitative estimate of drug-likeness (QED) is 0.812. The van der Waals surface area contributed by atoms with Crippen LogP contribution in [-0.2, 0) is 20.9 Å². The van der Waals surface area contributed by atoms with Gasteiger partial charge >= 0.3 is 5.97 Å². The van der Waals surface area contributed by atoms with Crippen molar-refractivity contribution in [2.24, 2.45) is 0 Å². The van der Waals surface area contributed by atoms with Gasteiger partial charge < -0.3 is 10.1 Å². The van der Waals surface area contributed by atoms with E-state index in [-0.39, 0.29) is 18.5 Å². The third-order valence-corrected chi connectivity index (χ3v) is 4.67. The Hall–Kier alpha value is -1.88. The van der Waals surface area contributed by atoms with E-state index in [9.17, 15) is 9.59 Å². The zero-order chi connectivity index (χ0) is 17.5. The molecule has 1 heterocycles. The standard InChI is InChI=1S/C19H28N2O3/c1-4-19(23)24-13-16-10-5-6-11-17(16)20-18(22)12-21-14(2)8-7-9-15(21)3/h5-6,10-11,14-15H,4,7-9,12-13H2,1-3H3,(H,20,22). The lowest BCUT2D eigenvalue weighted by molar-refractivity contribution is -0.144. The van der Waals surface area contributed by atoms with Crippen molar-refractivity contribution in [3.05, 3.63) is 29.8 Å². The van der Waals surface area contributed by atoms with E-state index < -0.39 is 0 Å². The fourth-order valence-electron chi connectivity index (χ4n) is 3.17. The molecule has 0 saturated carbocycles. The molecule has 0 aliphatic carbocycles. The molecule has 1 aromatic carbocycles. The summed E-state index contributed by atoms with van der Waals surface area (Å²) >= 11 is 0. The number of nitrogens with zero attached hydrogens (tertiary/aromatic N) is 1. The summed E-state index contributed by atoms with van der Waals surface area (Å²) in [6.45, 7) is 6.70. The average Bonchev–Trinajstić information content (AvgIpc) is 2.57. The Balaban J connectivity index is 1.97. The van der Waals surface area contributed by atoms with Crippen molar-refractivity contribution in [3.8, 4) is 0 Å². The second-order valence-corrected chi connectivity index (χ2v) is 6.52.